The van der Waals surface area contributed by atoms with Crippen molar-refractivity contribution in [2.45, 2.75) is 13.8 Å². The number of aromatic nitrogens is 2. The van der Waals surface area contributed by atoms with Crippen molar-refractivity contribution in [3.8, 4) is 5.75 Å². The zero-order chi connectivity index (χ0) is 14.9. The Balaban J connectivity index is 2.33. The Labute approximate surface area is 117 Å². The summed E-state index contributed by atoms with van der Waals surface area (Å²) in [4.78, 5) is 12.3. The number of benzene rings is 1. The summed E-state index contributed by atoms with van der Waals surface area (Å²) in [6.07, 6.45) is 0. The third kappa shape index (κ3) is 2.45. The van der Waals surface area contributed by atoms with Gasteiger partial charge in [-0.25, -0.2) is 0 Å². The van der Waals surface area contributed by atoms with E-state index in [9.17, 15) is 4.79 Å². The lowest BCUT2D eigenvalue weighted by atomic mass is 10.1. The largest absolute Gasteiger partial charge is 0.496 e. The minimum Gasteiger partial charge on any atom is -0.496 e. The molecule has 0 aliphatic heterocycles. The van der Waals surface area contributed by atoms with Gasteiger partial charge >= 0.3 is 0 Å². The second-order valence-corrected chi connectivity index (χ2v) is 4.58. The zero-order valence-electron chi connectivity index (χ0n) is 12.0. The Morgan fingerprint density at radius 3 is 2.65 bits per heavy atom. The molecule has 0 unspecified atom stereocenters. The first-order valence-electron chi connectivity index (χ1n) is 6.19. The van der Waals surface area contributed by atoms with Crippen LogP contribution in [0.15, 0.2) is 18.2 Å². The summed E-state index contributed by atoms with van der Waals surface area (Å²) in [5.74, 6) is 0.197. The van der Waals surface area contributed by atoms with Gasteiger partial charge in [-0.15, -0.1) is 0 Å². The number of carbonyl (C=O) groups excluding carboxylic acids is 1. The number of nitrogens with two attached hydrogens (primary N) is 1. The van der Waals surface area contributed by atoms with Gasteiger partial charge in [0.1, 0.15) is 5.75 Å². The maximum absolute atomic E-state index is 12.3. The van der Waals surface area contributed by atoms with Crippen LogP contribution in [0.4, 0.5) is 11.4 Å². The molecule has 2 aromatic rings. The summed E-state index contributed by atoms with van der Waals surface area (Å²) in [5.41, 5.74) is 9.05. The number of methoxy groups -OCH3 is 1. The fourth-order valence-electron chi connectivity index (χ4n) is 2.03. The number of rotatable bonds is 3. The zero-order valence-corrected chi connectivity index (χ0v) is 12.0. The normalized spacial score (nSPS) is 10.4. The van der Waals surface area contributed by atoms with E-state index in [1.807, 2.05) is 20.9 Å². The van der Waals surface area contributed by atoms with Crippen LogP contribution >= 0.6 is 0 Å². The fourth-order valence-corrected chi connectivity index (χ4v) is 2.03. The second-order valence-electron chi connectivity index (χ2n) is 4.58. The van der Waals surface area contributed by atoms with Crippen molar-refractivity contribution in [1.29, 1.82) is 0 Å². The first-order valence-corrected chi connectivity index (χ1v) is 6.19. The van der Waals surface area contributed by atoms with Crippen LogP contribution in [0, 0.1) is 13.8 Å². The van der Waals surface area contributed by atoms with Crippen molar-refractivity contribution in [1.82, 2.24) is 9.78 Å². The predicted molar refractivity (Wildman–Crippen MR) is 78.0 cm³/mol. The van der Waals surface area contributed by atoms with E-state index in [0.29, 0.717) is 17.0 Å². The van der Waals surface area contributed by atoms with Gasteiger partial charge in [-0.2, -0.15) is 5.10 Å². The van der Waals surface area contributed by atoms with Crippen LogP contribution in [0.3, 0.4) is 0 Å². The molecule has 1 aromatic carbocycles. The Morgan fingerprint density at radius 2 is 2.10 bits per heavy atom. The molecule has 6 nitrogen and oxygen atoms in total. The highest BCUT2D eigenvalue weighted by Gasteiger charge is 2.17. The van der Waals surface area contributed by atoms with Crippen molar-refractivity contribution in [3.63, 3.8) is 0 Å². The van der Waals surface area contributed by atoms with Crippen molar-refractivity contribution in [2.24, 2.45) is 7.05 Å². The van der Waals surface area contributed by atoms with Crippen LogP contribution in [0.1, 0.15) is 21.7 Å². The first-order chi connectivity index (χ1) is 9.43. The number of amides is 1. The molecule has 20 heavy (non-hydrogen) atoms. The third-order valence-electron chi connectivity index (χ3n) is 3.22. The first kappa shape index (κ1) is 13.9. The lowest BCUT2D eigenvalue weighted by molar-refractivity contribution is 0.102. The van der Waals surface area contributed by atoms with E-state index >= 15 is 0 Å². The average molecular weight is 274 g/mol. The number of aryl methyl sites for hydroxylation is 2. The van der Waals surface area contributed by atoms with E-state index in [4.69, 9.17) is 10.5 Å². The Kier molecular flexibility index (Phi) is 3.65. The molecule has 0 bridgehead atoms. The molecule has 0 radical (unpaired) electrons. The van der Waals surface area contributed by atoms with Gasteiger partial charge in [-0.3, -0.25) is 9.48 Å². The summed E-state index contributed by atoms with van der Waals surface area (Å²) >= 11 is 0. The quantitative estimate of drug-likeness (QED) is 0.837. The highest BCUT2D eigenvalue weighted by Crippen LogP contribution is 2.24. The van der Waals surface area contributed by atoms with Crippen molar-refractivity contribution < 1.29 is 9.53 Å². The van der Waals surface area contributed by atoms with Gasteiger partial charge in [0.2, 0.25) is 0 Å². The molecule has 1 amide bonds. The van der Waals surface area contributed by atoms with E-state index in [0.717, 1.165) is 17.1 Å². The molecule has 1 aromatic heterocycles. The van der Waals surface area contributed by atoms with Gasteiger partial charge in [-0.05, 0) is 26.0 Å². The topological polar surface area (TPSA) is 82.2 Å². The average Bonchev–Trinajstić information content (AvgIpc) is 2.65. The van der Waals surface area contributed by atoms with E-state index in [2.05, 4.69) is 10.4 Å². The smallest absolute Gasteiger partial charge is 0.259 e. The molecule has 3 N–H and O–H groups in total. The minimum atomic E-state index is -0.249. The molecule has 0 fully saturated rings. The van der Waals surface area contributed by atoms with Gasteiger partial charge in [-0.1, -0.05) is 0 Å². The third-order valence-corrected chi connectivity index (χ3v) is 3.22. The van der Waals surface area contributed by atoms with Gasteiger partial charge in [0.25, 0.3) is 5.91 Å². The number of hydrogen-bond acceptors (Lipinski definition) is 4. The van der Waals surface area contributed by atoms with Crippen LogP contribution in [0.2, 0.25) is 0 Å². The molecule has 0 spiro atoms. The molecule has 0 aliphatic rings. The highest BCUT2D eigenvalue weighted by molar-refractivity contribution is 6.07. The standard InChI is InChI=1S/C14H18N4O2/c1-8-13(9(2)18(3)17-8)16-14(19)11-6-5-10(15)7-12(11)20-4/h5-7H,15H2,1-4H3,(H,16,19). The molecule has 0 saturated heterocycles. The van der Waals surface area contributed by atoms with Crippen LogP contribution in [0.25, 0.3) is 0 Å². The van der Waals surface area contributed by atoms with E-state index in [1.165, 1.54) is 7.11 Å². The van der Waals surface area contributed by atoms with Crippen LogP contribution in [0.5, 0.6) is 5.75 Å². The van der Waals surface area contributed by atoms with Crippen molar-refractivity contribution in [2.75, 3.05) is 18.2 Å². The molecule has 6 heteroatoms. The number of hydrogen-bond donors (Lipinski definition) is 2. The number of nitrogens with one attached hydrogen (secondary N) is 1. The number of carbonyl (C=O) groups is 1. The van der Waals surface area contributed by atoms with Gasteiger partial charge in [0.05, 0.1) is 29.7 Å². The summed E-state index contributed by atoms with van der Waals surface area (Å²) in [6.45, 7) is 3.75. The maximum atomic E-state index is 12.3. The van der Waals surface area contributed by atoms with Crippen molar-refractivity contribution in [3.05, 3.63) is 35.2 Å². The van der Waals surface area contributed by atoms with Crippen LogP contribution in [-0.4, -0.2) is 22.8 Å². The Bertz CT molecular complexity index is 661. The molecule has 106 valence electrons. The number of nitrogen functional groups attached to an aromatic ring is 1. The molecule has 0 atom stereocenters. The Hall–Kier alpha value is -2.50. The van der Waals surface area contributed by atoms with Crippen LogP contribution in [-0.2, 0) is 7.05 Å². The minimum absolute atomic E-state index is 0.249. The number of nitrogens with zero attached hydrogens (tertiary/aromatic N) is 2. The fraction of sp³-hybridized carbons (Fsp3) is 0.286. The highest BCUT2D eigenvalue weighted by atomic mass is 16.5. The summed E-state index contributed by atoms with van der Waals surface area (Å²) in [5, 5.41) is 7.13. The monoisotopic (exact) mass is 274 g/mol. The maximum Gasteiger partial charge on any atom is 0.259 e. The molecular weight excluding hydrogens is 256 g/mol. The van der Waals surface area contributed by atoms with Gasteiger partial charge < -0.3 is 15.8 Å². The predicted octanol–water partition coefficient (Wildman–Crippen LogP) is 1.88. The number of anilines is 2. The summed E-state index contributed by atoms with van der Waals surface area (Å²) in [7, 11) is 3.34. The van der Waals surface area contributed by atoms with Crippen LogP contribution < -0.4 is 15.8 Å². The summed E-state index contributed by atoms with van der Waals surface area (Å²) < 4.78 is 6.92. The lowest BCUT2D eigenvalue weighted by Crippen LogP contribution is -2.14. The summed E-state index contributed by atoms with van der Waals surface area (Å²) in [6, 6.07) is 4.93. The van der Waals surface area contributed by atoms with E-state index in [1.54, 1.807) is 22.9 Å². The molecular formula is C14H18N4O2. The Morgan fingerprint density at radius 1 is 1.40 bits per heavy atom. The SMILES string of the molecule is COc1cc(N)ccc1C(=O)Nc1c(C)nn(C)c1C. The number of ether oxygens (including phenoxy) is 1. The molecule has 0 saturated carbocycles. The molecule has 1 heterocycles. The van der Waals surface area contributed by atoms with Gasteiger partial charge in [0.15, 0.2) is 0 Å². The van der Waals surface area contributed by atoms with Gasteiger partial charge in [0, 0.05) is 18.8 Å². The van der Waals surface area contributed by atoms with Crippen molar-refractivity contribution >= 4 is 17.3 Å². The van der Waals surface area contributed by atoms with E-state index in [-0.39, 0.29) is 5.91 Å². The molecule has 0 aliphatic carbocycles. The lowest BCUT2D eigenvalue weighted by Gasteiger charge is -2.10. The second kappa shape index (κ2) is 5.24. The van der Waals surface area contributed by atoms with E-state index < -0.39 is 0 Å². The molecule has 2 rings (SSSR count).